The Hall–Kier alpha value is 0.160. The van der Waals surface area contributed by atoms with Crippen LogP contribution in [0.2, 0.25) is 0 Å². The van der Waals surface area contributed by atoms with E-state index in [-0.39, 0.29) is 5.75 Å². The molecule has 6 heteroatoms. The lowest BCUT2D eigenvalue weighted by molar-refractivity contribution is 0.199. The fraction of sp³-hybridized carbons (Fsp3) is 1.00. The van der Waals surface area contributed by atoms with Crippen molar-refractivity contribution in [2.24, 2.45) is 0 Å². The number of alkyl halides is 1. The molecule has 0 amide bonds. The van der Waals surface area contributed by atoms with Gasteiger partial charge in [0.05, 0.1) is 5.75 Å². The van der Waals surface area contributed by atoms with Gasteiger partial charge >= 0.3 is 0 Å². The van der Waals surface area contributed by atoms with E-state index in [4.69, 9.17) is 16.3 Å². The maximum absolute atomic E-state index is 11.8. The highest BCUT2D eigenvalue weighted by molar-refractivity contribution is 7.89. The van der Waals surface area contributed by atoms with Gasteiger partial charge < -0.3 is 4.74 Å². The van der Waals surface area contributed by atoms with Crippen LogP contribution in [0.25, 0.3) is 0 Å². The number of halogens is 1. The van der Waals surface area contributed by atoms with E-state index in [0.29, 0.717) is 32.0 Å². The van der Waals surface area contributed by atoms with E-state index < -0.39 is 10.0 Å². The van der Waals surface area contributed by atoms with Crippen molar-refractivity contribution in [2.75, 3.05) is 38.4 Å². The van der Waals surface area contributed by atoms with Gasteiger partial charge in [-0.3, -0.25) is 0 Å². The highest BCUT2D eigenvalue weighted by atomic mass is 35.5. The van der Waals surface area contributed by atoms with Crippen LogP contribution in [0, 0.1) is 0 Å². The predicted octanol–water partition coefficient (Wildman–Crippen LogP) is 1.30. The molecular weight excluding hydrogens is 238 g/mol. The van der Waals surface area contributed by atoms with E-state index >= 15 is 0 Å². The molecule has 0 aliphatic heterocycles. The molecule has 0 aromatic rings. The third-order valence-corrected chi connectivity index (χ3v) is 4.08. The van der Waals surface area contributed by atoms with Crippen LogP contribution in [-0.4, -0.2) is 51.2 Å². The Labute approximate surface area is 97.6 Å². The zero-order valence-electron chi connectivity index (χ0n) is 9.41. The van der Waals surface area contributed by atoms with Gasteiger partial charge in [0.25, 0.3) is 0 Å². The molecule has 0 heterocycles. The van der Waals surface area contributed by atoms with Crippen molar-refractivity contribution in [3.8, 4) is 0 Å². The van der Waals surface area contributed by atoms with Crippen LogP contribution in [0.4, 0.5) is 0 Å². The van der Waals surface area contributed by atoms with Crippen molar-refractivity contribution >= 4 is 21.6 Å². The summed E-state index contributed by atoms with van der Waals surface area (Å²) in [6.07, 6.45) is 1.34. The first-order valence-corrected chi connectivity index (χ1v) is 7.25. The standard InChI is InChI=1S/C9H20ClNO3S/c1-3-6-11(7-5-10)15(12,13)9-4-8-14-2/h3-9H2,1-2H3. The van der Waals surface area contributed by atoms with Gasteiger partial charge in [0.1, 0.15) is 0 Å². The fourth-order valence-corrected chi connectivity index (χ4v) is 3.12. The van der Waals surface area contributed by atoms with Crippen molar-refractivity contribution in [3.63, 3.8) is 0 Å². The average Bonchev–Trinajstić information content (AvgIpc) is 2.18. The van der Waals surface area contributed by atoms with Gasteiger partial charge in [-0.2, -0.15) is 0 Å². The molecule has 0 unspecified atom stereocenters. The maximum Gasteiger partial charge on any atom is 0.214 e. The smallest absolute Gasteiger partial charge is 0.214 e. The molecular formula is C9H20ClNO3S. The van der Waals surface area contributed by atoms with Crippen LogP contribution in [0.3, 0.4) is 0 Å². The summed E-state index contributed by atoms with van der Waals surface area (Å²) < 4.78 is 29.9. The normalized spacial score (nSPS) is 12.3. The van der Waals surface area contributed by atoms with Crippen LogP contribution >= 0.6 is 11.6 Å². The van der Waals surface area contributed by atoms with Crippen molar-refractivity contribution in [3.05, 3.63) is 0 Å². The largest absolute Gasteiger partial charge is 0.385 e. The Bertz CT molecular complexity index is 238. The molecule has 92 valence electrons. The Morgan fingerprint density at radius 2 is 2.00 bits per heavy atom. The molecule has 0 aliphatic carbocycles. The second-order valence-electron chi connectivity index (χ2n) is 3.25. The molecule has 0 spiro atoms. The minimum atomic E-state index is -3.15. The summed E-state index contributed by atoms with van der Waals surface area (Å²) in [4.78, 5) is 0. The molecule has 0 bridgehead atoms. The number of methoxy groups -OCH3 is 1. The van der Waals surface area contributed by atoms with Gasteiger partial charge in [-0.15, -0.1) is 11.6 Å². The molecule has 15 heavy (non-hydrogen) atoms. The minimum Gasteiger partial charge on any atom is -0.385 e. The van der Waals surface area contributed by atoms with Crippen molar-refractivity contribution in [1.29, 1.82) is 0 Å². The molecule has 0 aromatic carbocycles. The van der Waals surface area contributed by atoms with E-state index in [9.17, 15) is 8.42 Å². The van der Waals surface area contributed by atoms with E-state index in [0.717, 1.165) is 6.42 Å². The molecule has 0 N–H and O–H groups in total. The summed E-state index contributed by atoms with van der Waals surface area (Å²) in [5, 5.41) is 0. The molecule has 0 saturated carbocycles. The number of rotatable bonds is 9. The quantitative estimate of drug-likeness (QED) is 0.462. The molecule has 0 radical (unpaired) electrons. The zero-order chi connectivity index (χ0) is 11.7. The van der Waals surface area contributed by atoms with Crippen LogP contribution in [0.5, 0.6) is 0 Å². The summed E-state index contributed by atoms with van der Waals surface area (Å²) in [5.41, 5.74) is 0. The predicted molar refractivity (Wildman–Crippen MR) is 62.9 cm³/mol. The minimum absolute atomic E-state index is 0.137. The summed E-state index contributed by atoms with van der Waals surface area (Å²) in [7, 11) is -1.59. The van der Waals surface area contributed by atoms with Crippen LogP contribution in [-0.2, 0) is 14.8 Å². The van der Waals surface area contributed by atoms with E-state index in [1.807, 2.05) is 6.92 Å². The van der Waals surface area contributed by atoms with E-state index in [1.165, 1.54) is 4.31 Å². The second-order valence-corrected chi connectivity index (χ2v) is 5.72. The summed E-state index contributed by atoms with van der Waals surface area (Å²) in [5.74, 6) is 0.473. The lowest BCUT2D eigenvalue weighted by Gasteiger charge is -2.20. The lowest BCUT2D eigenvalue weighted by atomic mass is 10.5. The summed E-state index contributed by atoms with van der Waals surface area (Å²) in [6, 6.07) is 0. The van der Waals surface area contributed by atoms with Crippen LogP contribution < -0.4 is 0 Å². The first kappa shape index (κ1) is 15.2. The molecule has 0 rings (SSSR count). The molecule has 0 saturated heterocycles. The SMILES string of the molecule is CCCN(CCCl)S(=O)(=O)CCCOC. The molecule has 0 aliphatic rings. The van der Waals surface area contributed by atoms with Crippen molar-refractivity contribution in [2.45, 2.75) is 19.8 Å². The first-order valence-electron chi connectivity index (χ1n) is 5.11. The Morgan fingerprint density at radius 1 is 1.33 bits per heavy atom. The van der Waals surface area contributed by atoms with Crippen molar-refractivity contribution < 1.29 is 13.2 Å². The third kappa shape index (κ3) is 6.35. The van der Waals surface area contributed by atoms with Crippen LogP contribution in [0.15, 0.2) is 0 Å². The van der Waals surface area contributed by atoms with Gasteiger partial charge in [0, 0.05) is 32.7 Å². The number of ether oxygens (including phenoxy) is 1. The number of sulfonamides is 1. The van der Waals surface area contributed by atoms with Crippen molar-refractivity contribution in [1.82, 2.24) is 4.31 Å². The lowest BCUT2D eigenvalue weighted by Crippen LogP contribution is -2.35. The summed E-state index contributed by atoms with van der Waals surface area (Å²) in [6.45, 7) is 3.36. The zero-order valence-corrected chi connectivity index (χ0v) is 11.0. The van der Waals surface area contributed by atoms with Gasteiger partial charge in [0.15, 0.2) is 0 Å². The maximum atomic E-state index is 11.8. The average molecular weight is 258 g/mol. The van der Waals surface area contributed by atoms with Gasteiger partial charge in [-0.1, -0.05) is 6.92 Å². The monoisotopic (exact) mass is 257 g/mol. The summed E-state index contributed by atoms with van der Waals surface area (Å²) >= 11 is 5.57. The van der Waals surface area contributed by atoms with Crippen LogP contribution in [0.1, 0.15) is 19.8 Å². The van der Waals surface area contributed by atoms with Gasteiger partial charge in [-0.25, -0.2) is 12.7 Å². The third-order valence-electron chi connectivity index (χ3n) is 1.95. The number of nitrogens with zero attached hydrogens (tertiary/aromatic N) is 1. The van der Waals surface area contributed by atoms with E-state index in [1.54, 1.807) is 7.11 Å². The van der Waals surface area contributed by atoms with Gasteiger partial charge in [0.2, 0.25) is 10.0 Å². The Morgan fingerprint density at radius 3 is 2.47 bits per heavy atom. The second kappa shape index (κ2) is 8.33. The number of hydrogen-bond donors (Lipinski definition) is 0. The fourth-order valence-electron chi connectivity index (χ4n) is 1.25. The topological polar surface area (TPSA) is 46.6 Å². The molecule has 0 aromatic heterocycles. The first-order chi connectivity index (χ1) is 7.08. The Balaban J connectivity index is 4.22. The Kier molecular flexibility index (Phi) is 8.42. The highest BCUT2D eigenvalue weighted by Crippen LogP contribution is 2.05. The highest BCUT2D eigenvalue weighted by Gasteiger charge is 2.19. The number of hydrogen-bond acceptors (Lipinski definition) is 3. The molecule has 0 atom stereocenters. The molecule has 0 fully saturated rings. The van der Waals surface area contributed by atoms with Gasteiger partial charge in [-0.05, 0) is 12.8 Å². The van der Waals surface area contributed by atoms with E-state index in [2.05, 4.69) is 0 Å². The molecule has 4 nitrogen and oxygen atoms in total.